The van der Waals surface area contributed by atoms with Crippen LogP contribution in [0.2, 0.25) is 0 Å². The standard InChI is InChI=1S/C24H30N4O4/c1-7-27(8-2)19-9-11-21(23(13-19)31-15-17(3)4)25-26-22-12-10-20(28(29)30)14-24(22)32-16-18(5)6/h9-14H,3,5,7-8,15-16H2,1-2,4,6H3/b26-25+. The van der Waals surface area contributed by atoms with Crippen molar-refractivity contribution in [2.24, 2.45) is 10.2 Å². The first-order chi connectivity index (χ1) is 15.2. The van der Waals surface area contributed by atoms with Gasteiger partial charge >= 0.3 is 0 Å². The number of hydrogen-bond acceptors (Lipinski definition) is 7. The van der Waals surface area contributed by atoms with Gasteiger partial charge in [-0.1, -0.05) is 13.2 Å². The third-order valence-corrected chi connectivity index (χ3v) is 4.44. The first-order valence-electron chi connectivity index (χ1n) is 10.4. The lowest BCUT2D eigenvalue weighted by Crippen LogP contribution is -2.21. The molecule has 0 aromatic heterocycles. The number of rotatable bonds is 12. The van der Waals surface area contributed by atoms with E-state index >= 15 is 0 Å². The average molecular weight is 439 g/mol. The van der Waals surface area contributed by atoms with Gasteiger partial charge in [-0.2, -0.15) is 0 Å². The van der Waals surface area contributed by atoms with Crippen molar-refractivity contribution in [2.45, 2.75) is 27.7 Å². The molecule has 2 rings (SSSR count). The molecule has 8 nitrogen and oxygen atoms in total. The van der Waals surface area contributed by atoms with Gasteiger partial charge in [0.05, 0.1) is 11.0 Å². The van der Waals surface area contributed by atoms with Crippen LogP contribution in [0.5, 0.6) is 11.5 Å². The van der Waals surface area contributed by atoms with Crippen LogP contribution >= 0.6 is 0 Å². The Bertz CT molecular complexity index is 1010. The second-order valence-corrected chi connectivity index (χ2v) is 7.43. The molecule has 0 bridgehead atoms. The molecule has 170 valence electrons. The summed E-state index contributed by atoms with van der Waals surface area (Å²) in [6.07, 6.45) is 0. The van der Waals surface area contributed by atoms with E-state index in [1.54, 1.807) is 6.92 Å². The molecule has 0 radical (unpaired) electrons. The quantitative estimate of drug-likeness (QED) is 0.158. The maximum absolute atomic E-state index is 11.1. The minimum absolute atomic E-state index is 0.0882. The zero-order chi connectivity index (χ0) is 23.7. The number of hydrogen-bond donors (Lipinski definition) is 0. The Morgan fingerprint density at radius 1 is 0.938 bits per heavy atom. The highest BCUT2D eigenvalue weighted by molar-refractivity contribution is 5.63. The average Bonchev–Trinajstić information content (AvgIpc) is 2.76. The molecule has 8 heteroatoms. The maximum atomic E-state index is 11.1. The normalized spacial score (nSPS) is 10.8. The number of azo groups is 1. The molecule has 0 heterocycles. The number of benzene rings is 2. The van der Waals surface area contributed by atoms with Gasteiger partial charge in [0.1, 0.15) is 30.3 Å². The Balaban J connectivity index is 2.42. The number of nitro benzene ring substituents is 1. The van der Waals surface area contributed by atoms with E-state index in [-0.39, 0.29) is 18.0 Å². The Morgan fingerprint density at radius 3 is 1.91 bits per heavy atom. The number of ether oxygens (including phenoxy) is 2. The molecule has 0 atom stereocenters. The molecule has 0 fully saturated rings. The Labute approximate surface area is 189 Å². The van der Waals surface area contributed by atoms with Crippen molar-refractivity contribution in [3.05, 3.63) is 70.8 Å². The fourth-order valence-corrected chi connectivity index (χ4v) is 2.81. The number of non-ortho nitro benzene ring substituents is 1. The van der Waals surface area contributed by atoms with Crippen LogP contribution in [0.15, 0.2) is 70.9 Å². The van der Waals surface area contributed by atoms with Crippen LogP contribution in [0.1, 0.15) is 27.7 Å². The molecule has 0 unspecified atom stereocenters. The maximum Gasteiger partial charge on any atom is 0.273 e. The first-order valence-corrected chi connectivity index (χ1v) is 10.4. The van der Waals surface area contributed by atoms with Crippen molar-refractivity contribution >= 4 is 22.7 Å². The molecule has 2 aromatic rings. The zero-order valence-electron chi connectivity index (χ0n) is 19.1. The summed E-state index contributed by atoms with van der Waals surface area (Å²) in [6.45, 7) is 17.9. The minimum atomic E-state index is -0.482. The lowest BCUT2D eigenvalue weighted by molar-refractivity contribution is -0.384. The summed E-state index contributed by atoms with van der Waals surface area (Å²) in [5.74, 6) is 0.836. The van der Waals surface area contributed by atoms with Gasteiger partial charge in [-0.15, -0.1) is 10.2 Å². The summed E-state index contributed by atoms with van der Waals surface area (Å²) in [4.78, 5) is 12.9. The fourth-order valence-electron chi connectivity index (χ4n) is 2.81. The van der Waals surface area contributed by atoms with Gasteiger partial charge in [-0.25, -0.2) is 0 Å². The fraction of sp³-hybridized carbons (Fsp3) is 0.333. The third-order valence-electron chi connectivity index (χ3n) is 4.44. The summed E-state index contributed by atoms with van der Waals surface area (Å²) in [7, 11) is 0. The second-order valence-electron chi connectivity index (χ2n) is 7.43. The summed E-state index contributed by atoms with van der Waals surface area (Å²) in [5.41, 5.74) is 3.50. The Hall–Kier alpha value is -3.68. The summed E-state index contributed by atoms with van der Waals surface area (Å²) >= 11 is 0. The van der Waals surface area contributed by atoms with Crippen LogP contribution in [-0.4, -0.2) is 31.2 Å². The Morgan fingerprint density at radius 2 is 1.44 bits per heavy atom. The lowest BCUT2D eigenvalue weighted by Gasteiger charge is -2.22. The van der Waals surface area contributed by atoms with E-state index in [4.69, 9.17) is 9.47 Å². The van der Waals surface area contributed by atoms with Gasteiger partial charge in [0.2, 0.25) is 0 Å². The molecule has 32 heavy (non-hydrogen) atoms. The Kier molecular flexibility index (Phi) is 8.95. The van der Waals surface area contributed by atoms with Crippen molar-refractivity contribution in [1.29, 1.82) is 0 Å². The van der Waals surface area contributed by atoms with Crippen LogP contribution in [0, 0.1) is 10.1 Å². The monoisotopic (exact) mass is 438 g/mol. The zero-order valence-corrected chi connectivity index (χ0v) is 19.1. The minimum Gasteiger partial charge on any atom is -0.487 e. The van der Waals surface area contributed by atoms with E-state index in [0.29, 0.717) is 23.7 Å². The van der Waals surface area contributed by atoms with Crippen molar-refractivity contribution < 1.29 is 14.4 Å². The van der Waals surface area contributed by atoms with E-state index in [0.717, 1.165) is 29.9 Å². The lowest BCUT2D eigenvalue weighted by atomic mass is 10.2. The first kappa shape index (κ1) is 24.6. The van der Waals surface area contributed by atoms with Crippen LogP contribution < -0.4 is 14.4 Å². The highest BCUT2D eigenvalue weighted by Crippen LogP contribution is 2.37. The number of nitrogens with zero attached hydrogens (tertiary/aromatic N) is 4. The van der Waals surface area contributed by atoms with E-state index in [2.05, 4.69) is 42.1 Å². The van der Waals surface area contributed by atoms with Gasteiger partial charge in [0.25, 0.3) is 5.69 Å². The summed E-state index contributed by atoms with van der Waals surface area (Å²) in [6, 6.07) is 9.93. The van der Waals surface area contributed by atoms with E-state index < -0.39 is 4.92 Å². The van der Waals surface area contributed by atoms with Crippen molar-refractivity contribution in [2.75, 3.05) is 31.2 Å². The van der Waals surface area contributed by atoms with E-state index in [1.807, 2.05) is 25.1 Å². The van der Waals surface area contributed by atoms with Gasteiger partial charge in [0.15, 0.2) is 5.75 Å². The molecular formula is C24H30N4O4. The SMILES string of the molecule is C=C(C)COc1cc(N(CC)CC)ccc1/N=N/c1ccc([N+](=O)[O-])cc1OCC(=C)C. The highest BCUT2D eigenvalue weighted by atomic mass is 16.6. The predicted octanol–water partition coefficient (Wildman–Crippen LogP) is 6.77. The van der Waals surface area contributed by atoms with E-state index in [9.17, 15) is 10.1 Å². The van der Waals surface area contributed by atoms with Crippen LogP contribution in [0.4, 0.5) is 22.7 Å². The smallest absolute Gasteiger partial charge is 0.273 e. The largest absolute Gasteiger partial charge is 0.487 e. The predicted molar refractivity (Wildman–Crippen MR) is 128 cm³/mol. The van der Waals surface area contributed by atoms with E-state index in [1.165, 1.54) is 18.2 Å². The topological polar surface area (TPSA) is 89.6 Å². The molecule has 0 aliphatic heterocycles. The molecule has 0 aliphatic rings. The van der Waals surface area contributed by atoms with Gasteiger partial charge in [-0.05, 0) is 57.0 Å². The van der Waals surface area contributed by atoms with Crippen molar-refractivity contribution in [3.63, 3.8) is 0 Å². The second kappa shape index (κ2) is 11.6. The molecule has 0 spiro atoms. The summed E-state index contributed by atoms with van der Waals surface area (Å²) in [5, 5.41) is 19.8. The molecule has 0 saturated carbocycles. The number of anilines is 1. The van der Waals surface area contributed by atoms with Crippen LogP contribution in [0.3, 0.4) is 0 Å². The molecule has 0 saturated heterocycles. The molecule has 2 aromatic carbocycles. The van der Waals surface area contributed by atoms with Gasteiger partial charge in [0, 0.05) is 30.9 Å². The summed E-state index contributed by atoms with van der Waals surface area (Å²) < 4.78 is 11.6. The molecular weight excluding hydrogens is 408 g/mol. The van der Waals surface area contributed by atoms with Crippen LogP contribution in [0.25, 0.3) is 0 Å². The van der Waals surface area contributed by atoms with Gasteiger partial charge in [-0.3, -0.25) is 10.1 Å². The van der Waals surface area contributed by atoms with Crippen LogP contribution in [-0.2, 0) is 0 Å². The van der Waals surface area contributed by atoms with Gasteiger partial charge < -0.3 is 14.4 Å². The molecule has 0 amide bonds. The highest BCUT2D eigenvalue weighted by Gasteiger charge is 2.13. The van der Waals surface area contributed by atoms with Crippen molar-refractivity contribution in [3.8, 4) is 11.5 Å². The molecule has 0 N–H and O–H groups in total. The molecule has 0 aliphatic carbocycles. The third kappa shape index (κ3) is 6.94. The number of nitro groups is 1. The van der Waals surface area contributed by atoms with Crippen molar-refractivity contribution in [1.82, 2.24) is 0 Å².